The number of nitrogens with zero attached hydrogens (tertiary/aromatic N) is 3. The molecule has 1 aliphatic heterocycles. The van der Waals surface area contributed by atoms with Crippen LogP contribution in [0.5, 0.6) is 0 Å². The highest BCUT2D eigenvalue weighted by Crippen LogP contribution is 2.26. The summed E-state index contributed by atoms with van der Waals surface area (Å²) in [4.78, 5) is 19.4. The number of carbonyl (C=O) groups excluding carboxylic acids is 1. The number of hydrogen-bond donors (Lipinski definition) is 0. The lowest BCUT2D eigenvalue weighted by atomic mass is 10.1. The number of piperidine rings is 1. The Bertz CT molecular complexity index is 1150. The molecule has 0 saturated carbocycles. The third kappa shape index (κ3) is 4.12. The molecule has 2 heterocycles. The molecule has 0 spiro atoms. The van der Waals surface area contributed by atoms with E-state index in [1.165, 1.54) is 10.4 Å². The molecule has 8 heteroatoms. The second-order valence-corrected chi connectivity index (χ2v) is 10.7. The van der Waals surface area contributed by atoms with E-state index >= 15 is 0 Å². The molecule has 1 saturated heterocycles. The number of rotatable bonds is 5. The molecular formula is C22H25N3O3S2. The topological polar surface area (TPSA) is 70.6 Å². The first-order chi connectivity index (χ1) is 14.4. The van der Waals surface area contributed by atoms with E-state index in [0.29, 0.717) is 30.8 Å². The highest BCUT2D eigenvalue weighted by atomic mass is 32.2. The number of fused-ring (bicyclic) bond motifs is 1. The zero-order chi connectivity index (χ0) is 21.3. The first kappa shape index (κ1) is 21.0. The Balaban J connectivity index is 1.57. The van der Waals surface area contributed by atoms with Gasteiger partial charge in [-0.05, 0) is 49.6 Å². The second kappa shape index (κ2) is 8.45. The van der Waals surface area contributed by atoms with Crippen molar-refractivity contribution in [2.75, 3.05) is 20.1 Å². The van der Waals surface area contributed by atoms with Crippen LogP contribution >= 0.6 is 11.3 Å². The van der Waals surface area contributed by atoms with Crippen molar-refractivity contribution < 1.29 is 13.2 Å². The summed E-state index contributed by atoms with van der Waals surface area (Å²) in [5, 5.41) is 0.848. The van der Waals surface area contributed by atoms with Gasteiger partial charge in [-0.15, -0.1) is 11.3 Å². The maximum Gasteiger partial charge on any atom is 0.254 e. The van der Waals surface area contributed by atoms with Gasteiger partial charge in [0.1, 0.15) is 5.01 Å². The zero-order valence-corrected chi connectivity index (χ0v) is 18.8. The van der Waals surface area contributed by atoms with Crippen LogP contribution in [0.1, 0.15) is 40.2 Å². The van der Waals surface area contributed by atoms with Crippen molar-refractivity contribution in [3.05, 3.63) is 58.6 Å². The molecule has 1 fully saturated rings. The molecule has 0 unspecified atom stereocenters. The van der Waals surface area contributed by atoms with E-state index in [0.717, 1.165) is 34.5 Å². The number of para-hydroxylation sites is 1. The maximum atomic E-state index is 13.1. The number of aromatic nitrogens is 1. The van der Waals surface area contributed by atoms with Crippen LogP contribution in [0, 0.1) is 6.92 Å². The highest BCUT2D eigenvalue weighted by Gasteiger charge is 2.28. The Morgan fingerprint density at radius 3 is 2.60 bits per heavy atom. The van der Waals surface area contributed by atoms with Gasteiger partial charge in [-0.3, -0.25) is 4.79 Å². The maximum absolute atomic E-state index is 13.1. The van der Waals surface area contributed by atoms with E-state index in [2.05, 4.69) is 4.98 Å². The minimum absolute atomic E-state index is 0.218. The second-order valence-electron chi connectivity index (χ2n) is 7.68. The predicted molar refractivity (Wildman–Crippen MR) is 119 cm³/mol. The number of amides is 1. The molecular weight excluding hydrogens is 418 g/mol. The van der Waals surface area contributed by atoms with Crippen molar-refractivity contribution in [3.63, 3.8) is 0 Å². The summed E-state index contributed by atoms with van der Waals surface area (Å²) in [5.74, 6) is -0.218. The fraction of sp³-hybridized carbons (Fsp3) is 0.364. The van der Waals surface area contributed by atoms with Crippen molar-refractivity contribution in [2.45, 2.75) is 37.6 Å². The summed E-state index contributed by atoms with van der Waals surface area (Å²) < 4.78 is 28.9. The molecule has 1 amide bonds. The van der Waals surface area contributed by atoms with Gasteiger partial charge in [-0.1, -0.05) is 24.6 Å². The number of hydrogen-bond acceptors (Lipinski definition) is 5. The molecule has 2 aromatic carbocycles. The standard InChI is InChI=1S/C22H25N3O3S2/c1-16-10-11-17(14-20(16)30(27,28)25-12-6-3-7-13-25)22(26)24(2)15-21-23-18-8-4-5-9-19(18)29-21/h4-5,8-11,14H,3,6-7,12-13,15H2,1-2H3. The number of carbonyl (C=O) groups is 1. The summed E-state index contributed by atoms with van der Waals surface area (Å²) in [5.41, 5.74) is 1.95. The average molecular weight is 444 g/mol. The Hall–Kier alpha value is -2.29. The molecule has 0 radical (unpaired) electrons. The predicted octanol–water partition coefficient (Wildman–Crippen LogP) is 4.05. The van der Waals surface area contributed by atoms with Crippen LogP contribution in [-0.4, -0.2) is 48.7 Å². The Morgan fingerprint density at radius 2 is 1.87 bits per heavy atom. The number of sulfonamides is 1. The summed E-state index contributed by atoms with van der Waals surface area (Å²) >= 11 is 1.56. The molecule has 0 bridgehead atoms. The summed E-state index contributed by atoms with van der Waals surface area (Å²) in [7, 11) is -1.88. The van der Waals surface area contributed by atoms with Gasteiger partial charge in [0.05, 0.1) is 21.7 Å². The number of aryl methyl sites for hydroxylation is 1. The smallest absolute Gasteiger partial charge is 0.254 e. The molecule has 0 atom stereocenters. The Kier molecular flexibility index (Phi) is 5.90. The van der Waals surface area contributed by atoms with E-state index in [9.17, 15) is 13.2 Å². The third-order valence-electron chi connectivity index (χ3n) is 5.43. The molecule has 158 valence electrons. The first-order valence-corrected chi connectivity index (χ1v) is 12.3. The Labute approximate surface area is 181 Å². The van der Waals surface area contributed by atoms with Gasteiger partial charge in [0.25, 0.3) is 5.91 Å². The molecule has 1 aromatic heterocycles. The van der Waals surface area contributed by atoms with E-state index < -0.39 is 10.0 Å². The van der Waals surface area contributed by atoms with Crippen molar-refractivity contribution in [3.8, 4) is 0 Å². The van der Waals surface area contributed by atoms with Crippen LogP contribution in [-0.2, 0) is 16.6 Å². The summed E-state index contributed by atoms with van der Waals surface area (Å²) in [6, 6.07) is 12.8. The van der Waals surface area contributed by atoms with Crippen molar-refractivity contribution >= 4 is 37.5 Å². The van der Waals surface area contributed by atoms with Gasteiger partial charge < -0.3 is 4.90 Å². The SMILES string of the molecule is Cc1ccc(C(=O)N(C)Cc2nc3ccccc3s2)cc1S(=O)(=O)N1CCCCC1. The van der Waals surface area contributed by atoms with E-state index in [4.69, 9.17) is 0 Å². The zero-order valence-electron chi connectivity index (χ0n) is 17.2. The first-order valence-electron chi connectivity index (χ1n) is 10.1. The van der Waals surface area contributed by atoms with Crippen LogP contribution < -0.4 is 0 Å². The van der Waals surface area contributed by atoms with Gasteiger partial charge in [-0.2, -0.15) is 4.31 Å². The van der Waals surface area contributed by atoms with Gasteiger partial charge in [0.15, 0.2) is 0 Å². The molecule has 30 heavy (non-hydrogen) atoms. The molecule has 3 aromatic rings. The fourth-order valence-corrected chi connectivity index (χ4v) is 6.53. The summed E-state index contributed by atoms with van der Waals surface area (Å²) in [6.07, 6.45) is 2.81. The van der Waals surface area contributed by atoms with Crippen molar-refractivity contribution in [1.29, 1.82) is 0 Å². The quantitative estimate of drug-likeness (QED) is 0.596. The largest absolute Gasteiger partial charge is 0.335 e. The minimum Gasteiger partial charge on any atom is -0.335 e. The normalized spacial score (nSPS) is 15.4. The molecule has 4 rings (SSSR count). The van der Waals surface area contributed by atoms with Gasteiger partial charge in [-0.25, -0.2) is 13.4 Å². The Morgan fingerprint density at radius 1 is 1.13 bits per heavy atom. The van der Waals surface area contributed by atoms with Gasteiger partial charge in [0.2, 0.25) is 10.0 Å². The lowest BCUT2D eigenvalue weighted by Crippen LogP contribution is -2.36. The molecule has 6 nitrogen and oxygen atoms in total. The lowest BCUT2D eigenvalue weighted by Gasteiger charge is -2.27. The molecule has 0 N–H and O–H groups in total. The minimum atomic E-state index is -3.60. The highest BCUT2D eigenvalue weighted by molar-refractivity contribution is 7.89. The fourth-order valence-electron chi connectivity index (χ4n) is 3.74. The van der Waals surface area contributed by atoms with Crippen LogP contribution in [0.4, 0.5) is 0 Å². The molecule has 1 aliphatic rings. The number of thiazole rings is 1. The van der Waals surface area contributed by atoms with Gasteiger partial charge in [0, 0.05) is 25.7 Å². The van der Waals surface area contributed by atoms with Crippen molar-refractivity contribution in [1.82, 2.24) is 14.2 Å². The van der Waals surface area contributed by atoms with Crippen LogP contribution in [0.2, 0.25) is 0 Å². The average Bonchev–Trinajstić information content (AvgIpc) is 3.16. The summed E-state index contributed by atoms with van der Waals surface area (Å²) in [6.45, 7) is 3.23. The third-order valence-corrected chi connectivity index (χ3v) is 8.49. The van der Waals surface area contributed by atoms with Crippen molar-refractivity contribution in [2.24, 2.45) is 0 Å². The lowest BCUT2D eigenvalue weighted by molar-refractivity contribution is 0.0785. The number of benzene rings is 2. The van der Waals surface area contributed by atoms with E-state index in [-0.39, 0.29) is 10.8 Å². The monoisotopic (exact) mass is 443 g/mol. The van der Waals surface area contributed by atoms with Crippen LogP contribution in [0.3, 0.4) is 0 Å². The van der Waals surface area contributed by atoms with Crippen LogP contribution in [0.15, 0.2) is 47.4 Å². The van der Waals surface area contributed by atoms with E-state index in [1.807, 2.05) is 24.3 Å². The molecule has 0 aliphatic carbocycles. The van der Waals surface area contributed by atoms with Gasteiger partial charge >= 0.3 is 0 Å². The van der Waals surface area contributed by atoms with Crippen LogP contribution in [0.25, 0.3) is 10.2 Å². The van der Waals surface area contributed by atoms with E-state index in [1.54, 1.807) is 42.3 Å².